The third-order valence-electron chi connectivity index (χ3n) is 4.73. The van der Waals surface area contributed by atoms with Crippen molar-refractivity contribution in [3.05, 3.63) is 42.1 Å². The number of nitrogens with one attached hydrogen (secondary N) is 1. The van der Waals surface area contributed by atoms with Gasteiger partial charge >= 0.3 is 0 Å². The van der Waals surface area contributed by atoms with Gasteiger partial charge in [0.05, 0.1) is 12.8 Å². The van der Waals surface area contributed by atoms with E-state index in [4.69, 9.17) is 4.74 Å². The highest BCUT2D eigenvalue weighted by molar-refractivity contribution is 7.92. The summed E-state index contributed by atoms with van der Waals surface area (Å²) >= 11 is 0. The van der Waals surface area contributed by atoms with Gasteiger partial charge in [0.15, 0.2) is 0 Å². The van der Waals surface area contributed by atoms with Crippen molar-refractivity contribution in [2.45, 2.75) is 11.3 Å². The zero-order valence-corrected chi connectivity index (χ0v) is 17.3. The average molecular weight is 426 g/mol. The predicted molar refractivity (Wildman–Crippen MR) is 107 cm³/mol. The molecule has 158 valence electrons. The van der Waals surface area contributed by atoms with Gasteiger partial charge in [0, 0.05) is 31.8 Å². The third kappa shape index (κ3) is 4.94. The molecule has 7 nitrogen and oxygen atoms in total. The molecule has 1 aromatic carbocycles. The fourth-order valence-corrected chi connectivity index (χ4v) is 4.59. The molecule has 1 N–H and O–H groups in total. The molecule has 1 aliphatic rings. The summed E-state index contributed by atoms with van der Waals surface area (Å²) in [5.41, 5.74) is 0.508. The number of hydrogen-bond acceptors (Lipinski definition) is 6. The first-order valence-corrected chi connectivity index (χ1v) is 10.6. The maximum atomic E-state index is 14.8. The number of aromatic nitrogens is 1. The zero-order chi connectivity index (χ0) is 21.2. The minimum atomic E-state index is -4.32. The summed E-state index contributed by atoms with van der Waals surface area (Å²) < 4.78 is 60.7. The Balaban J connectivity index is 1.88. The maximum Gasteiger partial charge on any atom is 0.266 e. The van der Waals surface area contributed by atoms with Crippen LogP contribution in [-0.2, 0) is 10.0 Å². The Bertz CT molecular complexity index is 985. The molecule has 10 heteroatoms. The normalized spacial score (nSPS) is 17.0. The van der Waals surface area contributed by atoms with Crippen molar-refractivity contribution in [2.75, 3.05) is 50.5 Å². The van der Waals surface area contributed by atoms with Crippen molar-refractivity contribution >= 4 is 21.5 Å². The van der Waals surface area contributed by atoms with E-state index in [1.807, 2.05) is 19.0 Å². The summed E-state index contributed by atoms with van der Waals surface area (Å²) in [5, 5.41) is 0. The highest BCUT2D eigenvalue weighted by atomic mass is 32.2. The van der Waals surface area contributed by atoms with Crippen LogP contribution in [0, 0.1) is 17.7 Å². The lowest BCUT2D eigenvalue weighted by Gasteiger charge is -2.23. The van der Waals surface area contributed by atoms with E-state index >= 15 is 0 Å². The van der Waals surface area contributed by atoms with Crippen molar-refractivity contribution in [3.8, 4) is 5.75 Å². The second-order valence-corrected chi connectivity index (χ2v) is 8.92. The van der Waals surface area contributed by atoms with Gasteiger partial charge in [0.1, 0.15) is 22.3 Å². The SMILES string of the molecule is COc1cc(S(=O)(=O)Nc2cccc(F)n2)c(F)cc1N1CCC(CN(C)C)C1. The fraction of sp³-hybridized carbons (Fsp3) is 0.421. The number of nitrogens with zero attached hydrogens (tertiary/aromatic N) is 3. The largest absolute Gasteiger partial charge is 0.495 e. The van der Waals surface area contributed by atoms with Crippen LogP contribution in [0.4, 0.5) is 20.3 Å². The molecule has 0 aliphatic carbocycles. The minimum absolute atomic E-state index is 0.237. The second-order valence-electron chi connectivity index (χ2n) is 7.27. The van der Waals surface area contributed by atoms with Gasteiger partial charge in [-0.2, -0.15) is 4.39 Å². The Morgan fingerprint density at radius 1 is 1.31 bits per heavy atom. The predicted octanol–water partition coefficient (Wildman–Crippen LogP) is 2.56. The molecule has 0 bridgehead atoms. The molecule has 1 saturated heterocycles. The number of benzene rings is 1. The van der Waals surface area contributed by atoms with Gasteiger partial charge < -0.3 is 14.5 Å². The molecule has 0 amide bonds. The lowest BCUT2D eigenvalue weighted by atomic mass is 10.1. The van der Waals surface area contributed by atoms with Gasteiger partial charge in [-0.05, 0) is 38.6 Å². The molecule has 1 unspecified atom stereocenters. The maximum absolute atomic E-state index is 14.8. The third-order valence-corrected chi connectivity index (χ3v) is 6.10. The van der Waals surface area contributed by atoms with Crippen LogP contribution in [0.2, 0.25) is 0 Å². The highest BCUT2D eigenvalue weighted by Crippen LogP contribution is 2.36. The Hall–Kier alpha value is -2.46. The van der Waals surface area contributed by atoms with Crippen LogP contribution < -0.4 is 14.4 Å². The number of rotatable bonds is 7. The summed E-state index contributed by atoms with van der Waals surface area (Å²) in [6.45, 7) is 2.37. The van der Waals surface area contributed by atoms with Crippen molar-refractivity contribution in [1.29, 1.82) is 0 Å². The molecule has 1 atom stereocenters. The monoisotopic (exact) mass is 426 g/mol. The van der Waals surface area contributed by atoms with Gasteiger partial charge in [0.2, 0.25) is 5.95 Å². The molecule has 0 saturated carbocycles. The molecule has 0 spiro atoms. The van der Waals surface area contributed by atoms with Gasteiger partial charge in [0.25, 0.3) is 10.0 Å². The van der Waals surface area contributed by atoms with E-state index in [2.05, 4.69) is 14.6 Å². The Labute approximate surface area is 169 Å². The van der Waals surface area contributed by atoms with Gasteiger partial charge in [-0.25, -0.2) is 17.8 Å². The zero-order valence-electron chi connectivity index (χ0n) is 16.5. The Kier molecular flexibility index (Phi) is 6.23. The van der Waals surface area contributed by atoms with Crippen molar-refractivity contribution in [2.24, 2.45) is 5.92 Å². The number of ether oxygens (including phenoxy) is 1. The van der Waals surface area contributed by atoms with E-state index in [1.54, 1.807) is 0 Å². The summed E-state index contributed by atoms with van der Waals surface area (Å²) in [7, 11) is 1.09. The number of pyridine rings is 1. The molecule has 1 aromatic heterocycles. The molecule has 2 heterocycles. The van der Waals surface area contributed by atoms with E-state index in [0.717, 1.165) is 38.2 Å². The summed E-state index contributed by atoms with van der Waals surface area (Å²) in [5.74, 6) is -1.31. The molecular formula is C19H24F2N4O3S. The summed E-state index contributed by atoms with van der Waals surface area (Å²) in [4.78, 5) is 6.96. The molecule has 1 aliphatic heterocycles. The number of hydrogen-bond donors (Lipinski definition) is 1. The van der Waals surface area contributed by atoms with Crippen molar-refractivity contribution < 1.29 is 21.9 Å². The first kappa shape index (κ1) is 21.3. The number of halogens is 2. The number of sulfonamides is 1. The van der Waals surface area contributed by atoms with E-state index in [-0.39, 0.29) is 11.6 Å². The number of methoxy groups -OCH3 is 1. The molecule has 1 fully saturated rings. The van der Waals surface area contributed by atoms with Crippen LogP contribution in [-0.4, -0.2) is 59.1 Å². The lowest BCUT2D eigenvalue weighted by Crippen LogP contribution is -2.26. The van der Waals surface area contributed by atoms with Crippen LogP contribution >= 0.6 is 0 Å². The van der Waals surface area contributed by atoms with Crippen LogP contribution in [0.1, 0.15) is 6.42 Å². The minimum Gasteiger partial charge on any atom is -0.495 e. The fourth-order valence-electron chi connectivity index (χ4n) is 3.52. The van der Waals surface area contributed by atoms with E-state index < -0.39 is 26.7 Å². The van der Waals surface area contributed by atoms with Crippen molar-refractivity contribution in [3.63, 3.8) is 0 Å². The Morgan fingerprint density at radius 2 is 2.07 bits per heavy atom. The first-order valence-electron chi connectivity index (χ1n) is 9.12. The van der Waals surface area contributed by atoms with Crippen LogP contribution in [0.3, 0.4) is 0 Å². The lowest BCUT2D eigenvalue weighted by molar-refractivity contribution is 0.340. The summed E-state index contributed by atoms with van der Waals surface area (Å²) in [6.07, 6.45) is 0.954. The van der Waals surface area contributed by atoms with Gasteiger partial charge in [-0.15, -0.1) is 0 Å². The standard InChI is InChI=1S/C19H24F2N4O3S/c1-24(2)11-13-7-8-25(12-13)15-9-14(20)17(10-16(15)28-3)29(26,27)23-19-6-4-5-18(21)22-19/h4-6,9-10,13H,7-8,11-12H2,1-3H3,(H,22,23). The van der Waals surface area contributed by atoms with Gasteiger partial charge in [-0.3, -0.25) is 4.72 Å². The first-order chi connectivity index (χ1) is 13.7. The molecular weight excluding hydrogens is 402 g/mol. The highest BCUT2D eigenvalue weighted by Gasteiger charge is 2.28. The van der Waals surface area contributed by atoms with Crippen LogP contribution in [0.5, 0.6) is 5.75 Å². The smallest absolute Gasteiger partial charge is 0.266 e. The van der Waals surface area contributed by atoms with Crippen LogP contribution in [0.25, 0.3) is 0 Å². The molecule has 2 aromatic rings. The quantitative estimate of drug-likeness (QED) is 0.686. The second kappa shape index (κ2) is 8.50. The van der Waals surface area contributed by atoms with Crippen LogP contribution in [0.15, 0.2) is 35.2 Å². The molecule has 3 rings (SSSR count). The number of anilines is 2. The molecule has 29 heavy (non-hydrogen) atoms. The van der Waals surface area contributed by atoms with Crippen molar-refractivity contribution in [1.82, 2.24) is 9.88 Å². The molecule has 0 radical (unpaired) electrons. The van der Waals surface area contributed by atoms with E-state index in [9.17, 15) is 17.2 Å². The van der Waals surface area contributed by atoms with Gasteiger partial charge in [-0.1, -0.05) is 6.07 Å². The van der Waals surface area contributed by atoms with E-state index in [1.165, 1.54) is 25.3 Å². The average Bonchev–Trinajstić information content (AvgIpc) is 3.08. The Morgan fingerprint density at radius 3 is 2.72 bits per heavy atom. The summed E-state index contributed by atoms with van der Waals surface area (Å²) in [6, 6.07) is 5.98. The van der Waals surface area contributed by atoms with E-state index in [0.29, 0.717) is 11.6 Å². The topological polar surface area (TPSA) is 74.8 Å².